The zero-order chi connectivity index (χ0) is 26.6. The van der Waals surface area contributed by atoms with Crippen molar-refractivity contribution in [2.24, 2.45) is 16.8 Å². The molecule has 3 fully saturated rings. The molecule has 2 saturated heterocycles. The first kappa shape index (κ1) is 23.7. The first-order valence-electron chi connectivity index (χ1n) is 12.3. The lowest BCUT2D eigenvalue weighted by molar-refractivity contribution is -0.138. The molecule has 1 saturated carbocycles. The van der Waals surface area contributed by atoms with Gasteiger partial charge in [0.25, 0.3) is 5.91 Å². The third-order valence-corrected chi connectivity index (χ3v) is 7.53. The smallest absolute Gasteiger partial charge is 0.329 e. The normalized spacial score (nSPS) is 26.2. The second-order valence-electron chi connectivity index (χ2n) is 9.91. The van der Waals surface area contributed by atoms with E-state index in [1.165, 1.54) is 35.8 Å². The average Bonchev–Trinajstić information content (AvgIpc) is 3.32. The number of hydrogen-bond acceptors (Lipinski definition) is 11. The molecule has 5 heterocycles. The number of urea groups is 1. The van der Waals surface area contributed by atoms with Gasteiger partial charge in [-0.2, -0.15) is 5.26 Å². The van der Waals surface area contributed by atoms with Crippen molar-refractivity contribution in [2.45, 2.75) is 31.6 Å². The number of nitriles is 1. The quantitative estimate of drug-likeness (QED) is 0.525. The third-order valence-electron chi connectivity index (χ3n) is 7.53. The van der Waals surface area contributed by atoms with E-state index in [4.69, 9.17) is 5.26 Å². The first-order chi connectivity index (χ1) is 18.4. The second kappa shape index (κ2) is 9.02. The second-order valence-corrected chi connectivity index (χ2v) is 9.91. The number of anilines is 2. The van der Waals surface area contributed by atoms with Crippen molar-refractivity contribution in [1.29, 1.82) is 5.26 Å². The first-order valence-corrected chi connectivity index (χ1v) is 12.3. The Morgan fingerprint density at radius 2 is 1.95 bits per heavy atom. The van der Waals surface area contributed by atoms with Gasteiger partial charge < -0.3 is 20.0 Å². The van der Waals surface area contributed by atoms with Crippen molar-refractivity contribution in [3.8, 4) is 17.5 Å². The van der Waals surface area contributed by atoms with Gasteiger partial charge in [-0.05, 0) is 31.2 Å². The van der Waals surface area contributed by atoms with Crippen LogP contribution in [0.2, 0.25) is 0 Å². The van der Waals surface area contributed by atoms with Gasteiger partial charge >= 0.3 is 6.03 Å². The van der Waals surface area contributed by atoms with E-state index in [9.17, 15) is 14.4 Å². The predicted molar refractivity (Wildman–Crippen MR) is 133 cm³/mol. The number of likely N-dealkylation sites (N-methyl/N-ethyl adjacent to an activating group) is 1. The van der Waals surface area contributed by atoms with Crippen LogP contribution in [0.3, 0.4) is 0 Å². The van der Waals surface area contributed by atoms with Gasteiger partial charge in [0.2, 0.25) is 11.9 Å². The van der Waals surface area contributed by atoms with Crippen LogP contribution in [-0.4, -0.2) is 104 Å². The number of nitrogens with one attached hydrogen (secondary N) is 1. The lowest BCUT2D eigenvalue weighted by atomic mass is 10.1. The molecule has 4 aliphatic rings. The molecular weight excluding hydrogens is 490 g/mol. The fourth-order valence-electron chi connectivity index (χ4n) is 5.23. The van der Waals surface area contributed by atoms with Crippen molar-refractivity contribution in [3.05, 3.63) is 24.7 Å². The highest BCUT2D eigenvalue weighted by Crippen LogP contribution is 2.45. The highest BCUT2D eigenvalue weighted by Gasteiger charge is 2.51. The van der Waals surface area contributed by atoms with E-state index in [2.05, 4.69) is 35.1 Å². The molecule has 4 unspecified atom stereocenters. The molecule has 2 aromatic heterocycles. The molecule has 0 aromatic carbocycles. The van der Waals surface area contributed by atoms with Crippen LogP contribution in [0, 0.1) is 23.2 Å². The number of fused-ring (bicyclic) bond motifs is 2. The van der Waals surface area contributed by atoms with Crippen molar-refractivity contribution in [1.82, 2.24) is 34.6 Å². The molecule has 4 amide bonds. The van der Waals surface area contributed by atoms with Gasteiger partial charge in [0.05, 0.1) is 18.0 Å². The molecule has 194 valence electrons. The Kier molecular flexibility index (Phi) is 5.63. The number of nitrogens with zero attached hydrogens (tertiary/aromatic N) is 10. The molecule has 1 aliphatic carbocycles. The number of hydrogen-bond donors (Lipinski definition) is 1. The molecule has 0 spiro atoms. The van der Waals surface area contributed by atoms with Crippen molar-refractivity contribution in [2.75, 3.05) is 36.9 Å². The summed E-state index contributed by atoms with van der Waals surface area (Å²) < 4.78 is 0. The predicted octanol–water partition coefficient (Wildman–Crippen LogP) is 0.173. The van der Waals surface area contributed by atoms with Crippen molar-refractivity contribution >= 4 is 36.0 Å². The van der Waals surface area contributed by atoms with Gasteiger partial charge in [-0.1, -0.05) is 0 Å². The minimum Gasteiger partial charge on any atom is -0.340 e. The molecule has 38 heavy (non-hydrogen) atoms. The molecule has 14 nitrogen and oxygen atoms in total. The molecule has 5 atom stereocenters. The minimum absolute atomic E-state index is 0.275. The van der Waals surface area contributed by atoms with Gasteiger partial charge in [0, 0.05) is 38.7 Å². The topological polar surface area (TPSA) is 164 Å². The maximum atomic E-state index is 13.1. The summed E-state index contributed by atoms with van der Waals surface area (Å²) in [6.45, 7) is 3.24. The van der Waals surface area contributed by atoms with Crippen LogP contribution < -0.4 is 10.2 Å². The van der Waals surface area contributed by atoms with Gasteiger partial charge in [-0.25, -0.2) is 34.6 Å². The Bertz CT molecular complexity index is 1360. The van der Waals surface area contributed by atoms with Crippen LogP contribution in [0.25, 0.3) is 11.4 Å². The average molecular weight is 516 g/mol. The number of imide groups is 1. The van der Waals surface area contributed by atoms with Crippen LogP contribution in [-0.2, 0) is 9.59 Å². The summed E-state index contributed by atoms with van der Waals surface area (Å²) in [6.07, 6.45) is 6.80. The molecule has 14 heteroatoms. The summed E-state index contributed by atoms with van der Waals surface area (Å²) >= 11 is 0. The summed E-state index contributed by atoms with van der Waals surface area (Å²) in [5.41, 5.74) is 0.620. The highest BCUT2D eigenvalue weighted by molar-refractivity contribution is 6.03. The number of carbonyl (C=O) groups excluding carboxylic acids is 3. The monoisotopic (exact) mass is 515 g/mol. The van der Waals surface area contributed by atoms with Crippen LogP contribution in [0.5, 0.6) is 0 Å². The molecule has 0 radical (unpaired) electrons. The summed E-state index contributed by atoms with van der Waals surface area (Å²) in [5.74, 6) is 1.88. The minimum atomic E-state index is -0.912. The Hall–Kier alpha value is -4.67. The van der Waals surface area contributed by atoms with E-state index in [0.717, 1.165) is 29.8 Å². The van der Waals surface area contributed by atoms with E-state index in [1.807, 2.05) is 6.07 Å². The fourth-order valence-corrected chi connectivity index (χ4v) is 5.23. The van der Waals surface area contributed by atoms with Gasteiger partial charge in [0.15, 0.2) is 18.0 Å². The van der Waals surface area contributed by atoms with Crippen molar-refractivity contribution < 1.29 is 14.4 Å². The Morgan fingerprint density at radius 1 is 1.21 bits per heavy atom. The van der Waals surface area contributed by atoms with E-state index in [0.29, 0.717) is 17.3 Å². The summed E-state index contributed by atoms with van der Waals surface area (Å²) in [5, 5.41) is 11.8. The van der Waals surface area contributed by atoms with Crippen LogP contribution in [0.4, 0.5) is 16.6 Å². The van der Waals surface area contributed by atoms with E-state index >= 15 is 0 Å². The van der Waals surface area contributed by atoms with E-state index in [-0.39, 0.29) is 12.4 Å². The van der Waals surface area contributed by atoms with Gasteiger partial charge in [0.1, 0.15) is 18.4 Å². The lowest BCUT2D eigenvalue weighted by Gasteiger charge is -2.41. The fraction of sp³-hybridized carbons (Fsp3) is 0.458. The largest absolute Gasteiger partial charge is 0.340 e. The molecule has 6 rings (SSSR count). The Labute approximate surface area is 218 Å². The summed E-state index contributed by atoms with van der Waals surface area (Å²) in [4.78, 5) is 66.4. The lowest BCUT2D eigenvalue weighted by Crippen LogP contribution is -2.66. The Balaban J connectivity index is 1.14. The van der Waals surface area contributed by atoms with Gasteiger partial charge in [-0.15, -0.1) is 0 Å². The molecule has 3 aliphatic heterocycles. The summed E-state index contributed by atoms with van der Waals surface area (Å²) in [6, 6.07) is 1.06. The number of aromatic nitrogens is 4. The SMILES string of the molecule is C[C@@H](C(=O)Nc1ccnc(-c2cnc(N3CC4CC4C3)nc2)n1)N1C=NC2C1C(=O)N(CC#N)C(=O)N2C. The number of amides is 4. The van der Waals surface area contributed by atoms with E-state index in [1.54, 1.807) is 25.4 Å². The maximum absolute atomic E-state index is 13.1. The molecular formula is C24H25N11O3. The zero-order valence-corrected chi connectivity index (χ0v) is 20.8. The van der Waals surface area contributed by atoms with Crippen molar-refractivity contribution in [3.63, 3.8) is 0 Å². The van der Waals surface area contributed by atoms with E-state index < -0.39 is 36.1 Å². The number of aliphatic imine (C=N–C) groups is 1. The van der Waals surface area contributed by atoms with Gasteiger partial charge in [-0.3, -0.25) is 9.59 Å². The zero-order valence-electron chi connectivity index (χ0n) is 20.8. The molecule has 0 bridgehead atoms. The third kappa shape index (κ3) is 3.96. The summed E-state index contributed by atoms with van der Waals surface area (Å²) in [7, 11) is 1.51. The Morgan fingerprint density at radius 3 is 2.66 bits per heavy atom. The van der Waals surface area contributed by atoms with Crippen LogP contribution >= 0.6 is 0 Å². The molecule has 1 N–H and O–H groups in total. The highest BCUT2D eigenvalue weighted by atomic mass is 16.2. The number of rotatable bonds is 6. The van der Waals surface area contributed by atoms with Crippen LogP contribution in [0.15, 0.2) is 29.6 Å². The number of carbonyl (C=O) groups is 3. The number of piperidine rings is 1. The maximum Gasteiger partial charge on any atom is 0.329 e. The van der Waals surface area contributed by atoms with Crippen LogP contribution in [0.1, 0.15) is 13.3 Å². The standard InChI is InChI=1S/C24H25N11O3/c1-13(35-12-29-20-18(35)22(37)34(6-4-25)24(38)32(20)2)21(36)31-17-3-5-26-19(30-17)16-8-27-23(28-9-16)33-10-14-7-15(14)11-33/h3,5,8-9,12-15,18,20H,6-7,10-11H2,1-2H3,(H,26,30,31,36)/t13-,14?,15?,18?,20?/m0/s1. The molecule has 2 aromatic rings.